The van der Waals surface area contributed by atoms with E-state index in [1.54, 1.807) is 7.11 Å². The summed E-state index contributed by atoms with van der Waals surface area (Å²) in [7, 11) is 1.79. The minimum Gasteiger partial charge on any atom is -0.496 e. The number of rotatable bonds is 5. The Labute approximate surface area is 163 Å². The molecule has 0 N–H and O–H groups in total. The van der Waals surface area contributed by atoms with E-state index in [9.17, 15) is 0 Å². The van der Waals surface area contributed by atoms with Crippen LogP contribution < -0.4 is 4.74 Å². The summed E-state index contributed by atoms with van der Waals surface area (Å²) < 4.78 is 12.5. The SMILES string of the molecule is CCC1=C(OC)c2cc(CC(C)C)ccc2OC1c1ccc2c(c1)CCC2. The minimum absolute atomic E-state index is 0.0562. The van der Waals surface area contributed by atoms with Crippen LogP contribution in [0.3, 0.4) is 0 Å². The maximum absolute atomic E-state index is 6.54. The molecule has 1 aliphatic heterocycles. The smallest absolute Gasteiger partial charge is 0.149 e. The fourth-order valence-corrected chi connectivity index (χ4v) is 4.56. The Morgan fingerprint density at radius 1 is 1.07 bits per heavy atom. The molecule has 2 aromatic carbocycles. The van der Waals surface area contributed by atoms with Gasteiger partial charge in [0, 0.05) is 5.57 Å². The Morgan fingerprint density at radius 3 is 2.63 bits per heavy atom. The second-order valence-corrected chi connectivity index (χ2v) is 8.22. The van der Waals surface area contributed by atoms with E-state index in [4.69, 9.17) is 9.47 Å². The van der Waals surface area contributed by atoms with Gasteiger partial charge in [0.2, 0.25) is 0 Å². The van der Waals surface area contributed by atoms with Crippen molar-refractivity contribution in [3.8, 4) is 5.75 Å². The predicted octanol–water partition coefficient (Wildman–Crippen LogP) is 6.28. The van der Waals surface area contributed by atoms with Crippen LogP contribution in [0.2, 0.25) is 0 Å². The van der Waals surface area contributed by atoms with E-state index >= 15 is 0 Å². The number of fused-ring (bicyclic) bond motifs is 2. The van der Waals surface area contributed by atoms with Gasteiger partial charge >= 0.3 is 0 Å². The Kier molecular flexibility index (Phi) is 4.99. The Bertz CT molecular complexity index is 876. The van der Waals surface area contributed by atoms with Gasteiger partial charge in [0.15, 0.2) is 0 Å². The standard InChI is InChI=1S/C25H30O2/c1-5-21-24(20-11-10-18-7-6-8-19(18)15-20)27-23-12-9-17(13-16(2)3)14-22(23)25(21)26-4/h9-12,14-16,24H,5-8,13H2,1-4H3. The lowest BCUT2D eigenvalue weighted by Gasteiger charge is -2.31. The molecule has 27 heavy (non-hydrogen) atoms. The molecular formula is C25H30O2. The van der Waals surface area contributed by atoms with Crippen LogP contribution in [0.4, 0.5) is 0 Å². The van der Waals surface area contributed by atoms with Crippen LogP contribution in [-0.2, 0) is 24.0 Å². The number of aryl methyl sites for hydroxylation is 2. The number of hydrogen-bond donors (Lipinski definition) is 0. The predicted molar refractivity (Wildman–Crippen MR) is 111 cm³/mol. The molecule has 1 atom stereocenters. The highest BCUT2D eigenvalue weighted by molar-refractivity contribution is 5.72. The summed E-state index contributed by atoms with van der Waals surface area (Å²) in [6.45, 7) is 6.70. The third kappa shape index (κ3) is 3.38. The molecule has 1 heterocycles. The van der Waals surface area contributed by atoms with Gasteiger partial charge in [-0.1, -0.05) is 45.0 Å². The van der Waals surface area contributed by atoms with Crippen LogP contribution in [-0.4, -0.2) is 7.11 Å². The molecule has 0 fully saturated rings. The highest BCUT2D eigenvalue weighted by atomic mass is 16.5. The Morgan fingerprint density at radius 2 is 1.89 bits per heavy atom. The highest BCUT2D eigenvalue weighted by Gasteiger charge is 2.30. The first kappa shape index (κ1) is 18.2. The second-order valence-electron chi connectivity index (χ2n) is 8.22. The van der Waals surface area contributed by atoms with E-state index < -0.39 is 0 Å². The van der Waals surface area contributed by atoms with E-state index in [1.807, 2.05) is 0 Å². The zero-order valence-electron chi connectivity index (χ0n) is 17.0. The first-order chi connectivity index (χ1) is 13.1. The first-order valence-electron chi connectivity index (χ1n) is 10.3. The van der Waals surface area contributed by atoms with E-state index in [-0.39, 0.29) is 6.10 Å². The van der Waals surface area contributed by atoms with Crippen molar-refractivity contribution in [3.05, 3.63) is 69.8 Å². The molecule has 142 valence electrons. The van der Waals surface area contributed by atoms with E-state index in [0.717, 1.165) is 29.9 Å². The van der Waals surface area contributed by atoms with Crippen LogP contribution in [0.1, 0.15) is 67.5 Å². The largest absolute Gasteiger partial charge is 0.496 e. The van der Waals surface area contributed by atoms with Gasteiger partial charge in [-0.15, -0.1) is 0 Å². The normalized spacial score (nSPS) is 18.3. The Balaban J connectivity index is 1.77. The minimum atomic E-state index is -0.0562. The van der Waals surface area contributed by atoms with Crippen LogP contribution in [0.5, 0.6) is 5.75 Å². The van der Waals surface area contributed by atoms with Gasteiger partial charge in [-0.2, -0.15) is 0 Å². The molecule has 4 rings (SSSR count). The van der Waals surface area contributed by atoms with Crippen LogP contribution in [0, 0.1) is 5.92 Å². The van der Waals surface area contributed by atoms with Gasteiger partial charge in [-0.05, 0) is 72.4 Å². The average molecular weight is 363 g/mol. The monoisotopic (exact) mass is 362 g/mol. The molecule has 1 aliphatic carbocycles. The molecule has 0 spiro atoms. The molecular weight excluding hydrogens is 332 g/mol. The molecule has 1 unspecified atom stereocenters. The van der Waals surface area contributed by atoms with Gasteiger partial charge in [-0.3, -0.25) is 0 Å². The van der Waals surface area contributed by atoms with Crippen molar-refractivity contribution in [3.63, 3.8) is 0 Å². The fraction of sp³-hybridized carbons (Fsp3) is 0.440. The second kappa shape index (κ2) is 7.42. The quantitative estimate of drug-likeness (QED) is 0.623. The molecule has 0 radical (unpaired) electrons. The van der Waals surface area contributed by atoms with Crippen molar-refractivity contribution in [2.45, 2.75) is 59.0 Å². The summed E-state index contributed by atoms with van der Waals surface area (Å²) in [5, 5.41) is 0. The highest BCUT2D eigenvalue weighted by Crippen LogP contribution is 2.44. The van der Waals surface area contributed by atoms with Gasteiger partial charge in [0.25, 0.3) is 0 Å². The van der Waals surface area contributed by atoms with Crippen molar-refractivity contribution in [1.82, 2.24) is 0 Å². The maximum Gasteiger partial charge on any atom is 0.149 e. The molecule has 0 saturated carbocycles. The number of benzene rings is 2. The van der Waals surface area contributed by atoms with Gasteiger partial charge in [0.05, 0.1) is 12.7 Å². The summed E-state index contributed by atoms with van der Waals surface area (Å²) in [5.74, 6) is 2.56. The van der Waals surface area contributed by atoms with E-state index in [1.165, 1.54) is 47.1 Å². The topological polar surface area (TPSA) is 18.5 Å². The number of ether oxygens (including phenoxy) is 2. The molecule has 0 saturated heterocycles. The van der Waals surface area contributed by atoms with Crippen molar-refractivity contribution in [1.29, 1.82) is 0 Å². The first-order valence-corrected chi connectivity index (χ1v) is 10.3. The zero-order valence-corrected chi connectivity index (χ0v) is 17.0. The van der Waals surface area contributed by atoms with Gasteiger partial charge in [0.1, 0.15) is 17.6 Å². The lowest BCUT2D eigenvalue weighted by atomic mass is 9.90. The molecule has 0 aromatic heterocycles. The maximum atomic E-state index is 6.54. The van der Waals surface area contributed by atoms with Crippen molar-refractivity contribution >= 4 is 5.76 Å². The number of methoxy groups -OCH3 is 1. The fourth-order valence-electron chi connectivity index (χ4n) is 4.56. The lowest BCUT2D eigenvalue weighted by Crippen LogP contribution is -2.18. The van der Waals surface area contributed by atoms with Crippen LogP contribution in [0.25, 0.3) is 5.76 Å². The Hall–Kier alpha value is -2.22. The van der Waals surface area contributed by atoms with Crippen LogP contribution in [0.15, 0.2) is 42.0 Å². The van der Waals surface area contributed by atoms with Gasteiger partial charge in [-0.25, -0.2) is 0 Å². The van der Waals surface area contributed by atoms with Crippen LogP contribution >= 0.6 is 0 Å². The van der Waals surface area contributed by atoms with E-state index in [2.05, 4.69) is 57.2 Å². The summed E-state index contributed by atoms with van der Waals surface area (Å²) in [5.41, 5.74) is 7.92. The van der Waals surface area contributed by atoms with E-state index in [0.29, 0.717) is 5.92 Å². The summed E-state index contributed by atoms with van der Waals surface area (Å²) in [6.07, 6.45) is 5.60. The molecule has 2 aliphatic rings. The molecule has 0 amide bonds. The third-order valence-electron chi connectivity index (χ3n) is 5.80. The molecule has 2 aromatic rings. The summed E-state index contributed by atoms with van der Waals surface area (Å²) >= 11 is 0. The summed E-state index contributed by atoms with van der Waals surface area (Å²) in [4.78, 5) is 0. The van der Waals surface area contributed by atoms with Crippen molar-refractivity contribution in [2.75, 3.05) is 7.11 Å². The lowest BCUT2D eigenvalue weighted by molar-refractivity contribution is 0.220. The zero-order chi connectivity index (χ0) is 19.0. The molecule has 2 heteroatoms. The van der Waals surface area contributed by atoms with Gasteiger partial charge < -0.3 is 9.47 Å². The number of hydrogen-bond acceptors (Lipinski definition) is 2. The van der Waals surface area contributed by atoms with Crippen molar-refractivity contribution < 1.29 is 9.47 Å². The molecule has 2 nitrogen and oxygen atoms in total. The summed E-state index contributed by atoms with van der Waals surface area (Å²) in [6, 6.07) is 13.5. The average Bonchev–Trinajstić information content (AvgIpc) is 3.13. The third-order valence-corrected chi connectivity index (χ3v) is 5.80. The molecule has 0 bridgehead atoms. The van der Waals surface area contributed by atoms with Crippen molar-refractivity contribution in [2.24, 2.45) is 5.92 Å².